The highest BCUT2D eigenvalue weighted by molar-refractivity contribution is 5.22. The summed E-state index contributed by atoms with van der Waals surface area (Å²) in [4.78, 5) is 2.35. The van der Waals surface area contributed by atoms with Gasteiger partial charge in [-0.2, -0.15) is 10.4 Å². The Labute approximate surface area is 122 Å². The van der Waals surface area contributed by atoms with Gasteiger partial charge in [-0.1, -0.05) is 0 Å². The number of likely N-dealkylation sites (tertiary alicyclic amines) is 1. The molecule has 7 nitrogen and oxygen atoms in total. The molecule has 0 aliphatic carbocycles. The van der Waals surface area contributed by atoms with E-state index in [9.17, 15) is 0 Å². The minimum absolute atomic E-state index is 0.371. The van der Waals surface area contributed by atoms with Crippen molar-refractivity contribution in [3.05, 3.63) is 29.6 Å². The van der Waals surface area contributed by atoms with Crippen LogP contribution in [0.4, 0.5) is 0 Å². The van der Waals surface area contributed by atoms with Gasteiger partial charge in [0.05, 0.1) is 24.3 Å². The van der Waals surface area contributed by atoms with Crippen LogP contribution >= 0.6 is 0 Å². The predicted molar refractivity (Wildman–Crippen MR) is 74.2 cm³/mol. The third-order valence-electron chi connectivity index (χ3n) is 4.34. The molecule has 2 aliphatic rings. The van der Waals surface area contributed by atoms with Crippen molar-refractivity contribution in [2.45, 2.75) is 38.4 Å². The number of hydrogen-bond acceptors (Lipinski definition) is 5. The van der Waals surface area contributed by atoms with Crippen LogP contribution in [-0.4, -0.2) is 42.5 Å². The minimum atomic E-state index is 0.371. The molecule has 7 heteroatoms. The standard InChI is InChI=1S/C14H17N7/c15-5-11-6-16-21(7-11)12-8-19(9-12)10-14-18-17-13-3-1-2-4-20(13)14/h6-7,12H,1-4,8-10H2. The molecule has 0 saturated carbocycles. The molecule has 2 aromatic heterocycles. The topological polar surface area (TPSA) is 75.6 Å². The van der Waals surface area contributed by atoms with Gasteiger partial charge >= 0.3 is 0 Å². The van der Waals surface area contributed by atoms with Crippen molar-refractivity contribution < 1.29 is 0 Å². The third kappa shape index (κ3) is 2.21. The van der Waals surface area contributed by atoms with Crippen LogP contribution in [0.15, 0.2) is 12.4 Å². The fourth-order valence-corrected chi connectivity index (χ4v) is 3.12. The molecule has 0 amide bonds. The molecule has 0 spiro atoms. The maximum absolute atomic E-state index is 8.83. The lowest BCUT2D eigenvalue weighted by Gasteiger charge is -2.38. The van der Waals surface area contributed by atoms with Crippen LogP contribution in [0.25, 0.3) is 0 Å². The Morgan fingerprint density at radius 3 is 3.00 bits per heavy atom. The molecular weight excluding hydrogens is 266 g/mol. The summed E-state index contributed by atoms with van der Waals surface area (Å²) in [6, 6.07) is 2.48. The van der Waals surface area contributed by atoms with Crippen molar-refractivity contribution in [1.29, 1.82) is 5.26 Å². The van der Waals surface area contributed by atoms with E-state index in [1.54, 1.807) is 6.20 Å². The zero-order chi connectivity index (χ0) is 14.2. The van der Waals surface area contributed by atoms with Crippen LogP contribution in [0.5, 0.6) is 0 Å². The Morgan fingerprint density at radius 1 is 1.29 bits per heavy atom. The van der Waals surface area contributed by atoms with E-state index < -0.39 is 0 Å². The molecule has 4 heterocycles. The van der Waals surface area contributed by atoms with Crippen molar-refractivity contribution in [2.24, 2.45) is 0 Å². The zero-order valence-electron chi connectivity index (χ0n) is 11.8. The molecule has 21 heavy (non-hydrogen) atoms. The van der Waals surface area contributed by atoms with E-state index in [4.69, 9.17) is 5.26 Å². The van der Waals surface area contributed by atoms with Gasteiger partial charge in [-0.05, 0) is 12.8 Å². The first-order valence-corrected chi connectivity index (χ1v) is 7.41. The number of nitriles is 1. The van der Waals surface area contributed by atoms with Crippen molar-refractivity contribution in [3.8, 4) is 6.07 Å². The second-order valence-corrected chi connectivity index (χ2v) is 5.81. The third-order valence-corrected chi connectivity index (χ3v) is 4.34. The highest BCUT2D eigenvalue weighted by Crippen LogP contribution is 2.23. The Balaban J connectivity index is 1.38. The molecule has 2 aromatic rings. The first-order valence-electron chi connectivity index (χ1n) is 7.41. The molecule has 0 unspecified atom stereocenters. The summed E-state index contributed by atoms with van der Waals surface area (Å²) in [6.07, 6.45) is 6.95. The first-order chi connectivity index (χ1) is 10.3. The highest BCUT2D eigenvalue weighted by Gasteiger charge is 2.30. The lowest BCUT2D eigenvalue weighted by molar-refractivity contribution is 0.0864. The number of hydrogen-bond donors (Lipinski definition) is 0. The summed E-state index contributed by atoms with van der Waals surface area (Å²) in [5.74, 6) is 2.22. The molecule has 0 N–H and O–H groups in total. The molecule has 1 saturated heterocycles. The van der Waals surface area contributed by atoms with Gasteiger partial charge in [-0.15, -0.1) is 10.2 Å². The van der Waals surface area contributed by atoms with Gasteiger partial charge in [0.2, 0.25) is 0 Å². The summed E-state index contributed by atoms with van der Waals surface area (Å²) in [6.45, 7) is 3.82. The second-order valence-electron chi connectivity index (χ2n) is 5.81. The Morgan fingerprint density at radius 2 is 2.19 bits per heavy atom. The average Bonchev–Trinajstić information content (AvgIpc) is 3.09. The molecule has 4 rings (SSSR count). The summed E-state index contributed by atoms with van der Waals surface area (Å²) >= 11 is 0. The van der Waals surface area contributed by atoms with E-state index in [0.717, 1.165) is 44.2 Å². The Hall–Kier alpha value is -2.20. The predicted octanol–water partition coefficient (Wildman–Crippen LogP) is 0.739. The van der Waals surface area contributed by atoms with E-state index in [1.165, 1.54) is 12.8 Å². The van der Waals surface area contributed by atoms with Crippen molar-refractivity contribution in [3.63, 3.8) is 0 Å². The van der Waals surface area contributed by atoms with E-state index in [0.29, 0.717) is 11.6 Å². The molecule has 1 fully saturated rings. The summed E-state index contributed by atoms with van der Waals surface area (Å²) < 4.78 is 4.17. The Bertz CT molecular complexity index is 686. The zero-order valence-corrected chi connectivity index (χ0v) is 11.8. The van der Waals surface area contributed by atoms with Crippen molar-refractivity contribution in [1.82, 2.24) is 29.4 Å². The van der Waals surface area contributed by atoms with Crippen LogP contribution in [0.3, 0.4) is 0 Å². The molecule has 2 aliphatic heterocycles. The minimum Gasteiger partial charge on any atom is -0.314 e. The van der Waals surface area contributed by atoms with E-state index in [-0.39, 0.29) is 0 Å². The number of nitrogens with zero attached hydrogens (tertiary/aromatic N) is 7. The van der Waals surface area contributed by atoms with Crippen molar-refractivity contribution >= 4 is 0 Å². The van der Waals surface area contributed by atoms with Gasteiger partial charge in [-0.3, -0.25) is 9.58 Å². The second kappa shape index (κ2) is 4.97. The van der Waals surface area contributed by atoms with Crippen LogP contribution in [0.2, 0.25) is 0 Å². The van der Waals surface area contributed by atoms with Crippen LogP contribution in [0.1, 0.15) is 36.1 Å². The molecule has 0 radical (unpaired) electrons. The Kier molecular flexibility index (Phi) is 2.97. The maximum Gasteiger partial charge on any atom is 0.147 e. The molecule has 108 valence electrons. The molecule has 0 bridgehead atoms. The number of fused-ring (bicyclic) bond motifs is 1. The summed E-state index contributed by atoms with van der Waals surface area (Å²) in [5.41, 5.74) is 0.625. The fraction of sp³-hybridized carbons (Fsp3) is 0.571. The fourth-order valence-electron chi connectivity index (χ4n) is 3.12. The summed E-state index contributed by atoms with van der Waals surface area (Å²) in [7, 11) is 0. The number of rotatable bonds is 3. The smallest absolute Gasteiger partial charge is 0.147 e. The van der Waals surface area contributed by atoms with Gasteiger partial charge in [0.1, 0.15) is 17.7 Å². The normalized spacial score (nSPS) is 19.0. The van der Waals surface area contributed by atoms with Gasteiger partial charge in [0.25, 0.3) is 0 Å². The van der Waals surface area contributed by atoms with E-state index >= 15 is 0 Å². The largest absolute Gasteiger partial charge is 0.314 e. The van der Waals surface area contributed by atoms with Gasteiger partial charge < -0.3 is 4.57 Å². The highest BCUT2D eigenvalue weighted by atomic mass is 15.4. The molecular formula is C14H17N7. The lowest BCUT2D eigenvalue weighted by Crippen LogP contribution is -2.47. The van der Waals surface area contributed by atoms with Crippen molar-refractivity contribution in [2.75, 3.05) is 13.1 Å². The SMILES string of the molecule is N#Cc1cnn(C2CN(Cc3nnc4n3CCCC4)C2)c1. The van der Waals surface area contributed by atoms with E-state index in [1.807, 2.05) is 10.9 Å². The summed E-state index contributed by atoms with van der Waals surface area (Å²) in [5, 5.41) is 21.7. The van der Waals surface area contributed by atoms with Crippen LogP contribution < -0.4 is 0 Å². The number of aromatic nitrogens is 5. The van der Waals surface area contributed by atoms with Gasteiger partial charge in [-0.25, -0.2) is 0 Å². The first kappa shape index (κ1) is 12.5. The maximum atomic E-state index is 8.83. The quantitative estimate of drug-likeness (QED) is 0.830. The van der Waals surface area contributed by atoms with Gasteiger partial charge in [0, 0.05) is 32.3 Å². The van der Waals surface area contributed by atoms with Gasteiger partial charge in [0.15, 0.2) is 0 Å². The van der Waals surface area contributed by atoms with E-state index in [2.05, 4.69) is 30.8 Å². The number of aryl methyl sites for hydroxylation is 1. The monoisotopic (exact) mass is 283 g/mol. The molecule has 0 atom stereocenters. The average molecular weight is 283 g/mol. The lowest BCUT2D eigenvalue weighted by atomic mass is 10.1. The van der Waals surface area contributed by atoms with Crippen LogP contribution in [0, 0.1) is 11.3 Å². The van der Waals surface area contributed by atoms with Crippen LogP contribution in [-0.2, 0) is 19.5 Å². The molecule has 0 aromatic carbocycles.